The van der Waals surface area contributed by atoms with Gasteiger partial charge in [0.1, 0.15) is 0 Å². The van der Waals surface area contributed by atoms with E-state index < -0.39 is 0 Å². The van der Waals surface area contributed by atoms with Crippen molar-refractivity contribution < 1.29 is 0 Å². The fourth-order valence-electron chi connectivity index (χ4n) is 2.04. The topological polar surface area (TPSA) is 12.0 Å². The Morgan fingerprint density at radius 2 is 1.56 bits per heavy atom. The van der Waals surface area contributed by atoms with E-state index in [4.69, 9.17) is 11.6 Å². The molecule has 0 radical (unpaired) electrons. The zero-order valence-corrected chi connectivity index (χ0v) is 12.3. The molecule has 0 atom stereocenters. The molecule has 2 heteroatoms. The lowest BCUT2D eigenvalue weighted by molar-refractivity contribution is 0.573. The van der Waals surface area contributed by atoms with Crippen molar-refractivity contribution in [2.45, 2.75) is 51.9 Å². The van der Waals surface area contributed by atoms with Gasteiger partial charge >= 0.3 is 0 Å². The number of hydrogen-bond acceptors (Lipinski definition) is 1. The average molecular weight is 268 g/mol. The summed E-state index contributed by atoms with van der Waals surface area (Å²) in [5, 5.41) is 4.32. The summed E-state index contributed by atoms with van der Waals surface area (Å²) < 4.78 is 0. The van der Waals surface area contributed by atoms with Gasteiger partial charge < -0.3 is 5.32 Å². The second-order valence-electron chi connectivity index (χ2n) is 4.89. The fraction of sp³-hybridized carbons (Fsp3) is 0.625. The second-order valence-corrected chi connectivity index (χ2v) is 5.33. The van der Waals surface area contributed by atoms with Gasteiger partial charge in [-0.15, -0.1) is 0 Å². The van der Waals surface area contributed by atoms with Gasteiger partial charge in [0, 0.05) is 5.02 Å². The Morgan fingerprint density at radius 3 is 2.28 bits per heavy atom. The van der Waals surface area contributed by atoms with Crippen LogP contribution in [0.5, 0.6) is 0 Å². The molecule has 0 spiro atoms. The van der Waals surface area contributed by atoms with Crippen molar-refractivity contribution in [3.8, 4) is 0 Å². The molecule has 1 rings (SSSR count). The number of hydrogen-bond donors (Lipinski definition) is 1. The monoisotopic (exact) mass is 267 g/mol. The quantitative estimate of drug-likeness (QED) is 0.599. The molecule has 0 aliphatic heterocycles. The Kier molecular flexibility index (Phi) is 8.97. The number of benzene rings is 1. The van der Waals surface area contributed by atoms with Crippen LogP contribution >= 0.6 is 11.6 Å². The zero-order chi connectivity index (χ0) is 13.1. The Hall–Kier alpha value is -0.530. The average Bonchev–Trinajstić information content (AvgIpc) is 2.39. The molecule has 0 saturated carbocycles. The molecule has 0 aliphatic rings. The molecule has 1 aromatic rings. The van der Waals surface area contributed by atoms with Crippen LogP contribution in [0.15, 0.2) is 24.3 Å². The standard InChI is InChI=1S/C16H26ClN/c1-2-3-4-5-6-7-13-18-14-12-15-8-10-16(17)11-9-15/h8-11,18H,2-7,12-14H2,1H3. The summed E-state index contributed by atoms with van der Waals surface area (Å²) in [6, 6.07) is 8.14. The molecule has 102 valence electrons. The molecular weight excluding hydrogens is 242 g/mol. The van der Waals surface area contributed by atoms with E-state index in [0.29, 0.717) is 0 Å². The lowest BCUT2D eigenvalue weighted by Crippen LogP contribution is -2.18. The van der Waals surface area contributed by atoms with E-state index >= 15 is 0 Å². The molecule has 1 N–H and O–H groups in total. The van der Waals surface area contributed by atoms with Crippen LogP contribution in [0.2, 0.25) is 5.02 Å². The normalized spacial score (nSPS) is 10.8. The number of rotatable bonds is 10. The maximum Gasteiger partial charge on any atom is 0.0406 e. The van der Waals surface area contributed by atoms with Crippen LogP contribution in [-0.4, -0.2) is 13.1 Å². The van der Waals surface area contributed by atoms with Gasteiger partial charge in [-0.2, -0.15) is 0 Å². The Balaban J connectivity index is 1.91. The minimum Gasteiger partial charge on any atom is -0.316 e. The first-order valence-electron chi connectivity index (χ1n) is 7.28. The molecule has 0 amide bonds. The SMILES string of the molecule is CCCCCCCCNCCc1ccc(Cl)cc1. The fourth-order valence-corrected chi connectivity index (χ4v) is 2.17. The van der Waals surface area contributed by atoms with Crippen molar-refractivity contribution in [2.24, 2.45) is 0 Å². The number of nitrogens with one attached hydrogen (secondary N) is 1. The van der Waals surface area contributed by atoms with Gasteiger partial charge in [0.15, 0.2) is 0 Å². The molecule has 1 nitrogen and oxygen atoms in total. The third-order valence-corrected chi connectivity index (χ3v) is 3.46. The molecule has 0 unspecified atom stereocenters. The van der Waals surface area contributed by atoms with Gasteiger partial charge in [-0.1, -0.05) is 62.8 Å². The van der Waals surface area contributed by atoms with Gasteiger partial charge in [0.2, 0.25) is 0 Å². The Bertz CT molecular complexity index is 294. The van der Waals surface area contributed by atoms with Crippen LogP contribution in [0.1, 0.15) is 51.0 Å². The molecular formula is C16H26ClN. The Morgan fingerprint density at radius 1 is 0.889 bits per heavy atom. The van der Waals surface area contributed by atoms with E-state index in [2.05, 4.69) is 24.4 Å². The maximum absolute atomic E-state index is 5.85. The van der Waals surface area contributed by atoms with Gasteiger partial charge in [0.25, 0.3) is 0 Å². The summed E-state index contributed by atoms with van der Waals surface area (Å²) in [5.41, 5.74) is 1.36. The smallest absolute Gasteiger partial charge is 0.0406 e. The summed E-state index contributed by atoms with van der Waals surface area (Å²) in [4.78, 5) is 0. The molecule has 18 heavy (non-hydrogen) atoms. The zero-order valence-electron chi connectivity index (χ0n) is 11.6. The first kappa shape index (κ1) is 15.5. The minimum atomic E-state index is 0.818. The second kappa shape index (κ2) is 10.4. The van der Waals surface area contributed by atoms with Crippen molar-refractivity contribution in [1.29, 1.82) is 0 Å². The van der Waals surface area contributed by atoms with Crippen LogP contribution in [0.25, 0.3) is 0 Å². The van der Waals surface area contributed by atoms with Crippen LogP contribution in [0.4, 0.5) is 0 Å². The summed E-state index contributed by atoms with van der Waals surface area (Å²) in [6.07, 6.45) is 9.29. The highest BCUT2D eigenvalue weighted by molar-refractivity contribution is 6.30. The van der Waals surface area contributed by atoms with E-state index in [1.165, 1.54) is 44.1 Å². The lowest BCUT2D eigenvalue weighted by atomic mass is 10.1. The molecule has 0 aromatic heterocycles. The first-order valence-corrected chi connectivity index (χ1v) is 7.66. The minimum absolute atomic E-state index is 0.818. The van der Waals surface area contributed by atoms with E-state index in [9.17, 15) is 0 Å². The molecule has 0 aliphatic carbocycles. The van der Waals surface area contributed by atoms with E-state index in [0.717, 1.165) is 24.5 Å². The number of unbranched alkanes of at least 4 members (excludes halogenated alkanes) is 5. The van der Waals surface area contributed by atoms with Crippen LogP contribution in [0, 0.1) is 0 Å². The maximum atomic E-state index is 5.85. The van der Waals surface area contributed by atoms with Crippen LogP contribution in [-0.2, 0) is 6.42 Å². The lowest BCUT2D eigenvalue weighted by Gasteiger charge is -2.05. The van der Waals surface area contributed by atoms with Crippen LogP contribution in [0.3, 0.4) is 0 Å². The highest BCUT2D eigenvalue weighted by Gasteiger charge is 1.94. The van der Waals surface area contributed by atoms with Gasteiger partial charge in [-0.25, -0.2) is 0 Å². The summed E-state index contributed by atoms with van der Waals surface area (Å²) >= 11 is 5.85. The summed E-state index contributed by atoms with van der Waals surface area (Å²) in [6.45, 7) is 4.48. The van der Waals surface area contributed by atoms with E-state index in [-0.39, 0.29) is 0 Å². The van der Waals surface area contributed by atoms with Crippen LogP contribution < -0.4 is 5.32 Å². The van der Waals surface area contributed by atoms with E-state index in [1.54, 1.807) is 0 Å². The third kappa shape index (κ3) is 7.73. The molecule has 0 heterocycles. The molecule has 0 fully saturated rings. The Labute approximate surface area is 117 Å². The van der Waals surface area contributed by atoms with Gasteiger partial charge in [0.05, 0.1) is 0 Å². The number of halogens is 1. The third-order valence-electron chi connectivity index (χ3n) is 3.21. The van der Waals surface area contributed by atoms with Gasteiger partial charge in [-0.05, 0) is 43.6 Å². The van der Waals surface area contributed by atoms with Crippen molar-refractivity contribution in [3.63, 3.8) is 0 Å². The highest BCUT2D eigenvalue weighted by Crippen LogP contribution is 2.09. The predicted molar refractivity (Wildman–Crippen MR) is 81.4 cm³/mol. The van der Waals surface area contributed by atoms with Crippen molar-refractivity contribution >= 4 is 11.6 Å². The molecule has 0 bridgehead atoms. The highest BCUT2D eigenvalue weighted by atomic mass is 35.5. The summed E-state index contributed by atoms with van der Waals surface area (Å²) in [7, 11) is 0. The first-order chi connectivity index (χ1) is 8.83. The van der Waals surface area contributed by atoms with Gasteiger partial charge in [-0.3, -0.25) is 0 Å². The predicted octanol–water partition coefficient (Wildman–Crippen LogP) is 4.83. The van der Waals surface area contributed by atoms with Crippen molar-refractivity contribution in [3.05, 3.63) is 34.9 Å². The van der Waals surface area contributed by atoms with E-state index in [1.807, 2.05) is 12.1 Å². The summed E-state index contributed by atoms with van der Waals surface area (Å²) in [5.74, 6) is 0. The van der Waals surface area contributed by atoms with Crippen molar-refractivity contribution in [2.75, 3.05) is 13.1 Å². The molecule has 1 aromatic carbocycles. The molecule has 0 saturated heterocycles. The largest absolute Gasteiger partial charge is 0.316 e. The van der Waals surface area contributed by atoms with Crippen molar-refractivity contribution in [1.82, 2.24) is 5.32 Å².